The summed E-state index contributed by atoms with van der Waals surface area (Å²) in [4.78, 5) is 12.1. The number of halogens is 1. The average molecular weight is 359 g/mol. The Labute approximate surface area is 153 Å². The monoisotopic (exact) mass is 358 g/mol. The Morgan fingerprint density at radius 3 is 2.20 bits per heavy atom. The summed E-state index contributed by atoms with van der Waals surface area (Å²) in [7, 11) is 0. The number of rotatable bonds is 6. The van der Waals surface area contributed by atoms with Crippen LogP contribution in [-0.2, 0) is 16.0 Å². The minimum Gasteiger partial charge on any atom is -0.479 e. The molecule has 132 valence electrons. The van der Waals surface area contributed by atoms with E-state index in [4.69, 9.17) is 21.1 Å². The molecule has 0 aliphatic heterocycles. The Bertz CT molecular complexity index is 688. The molecule has 0 bridgehead atoms. The number of hydrogen-bond acceptors (Lipinski definition) is 3. The molecule has 0 amide bonds. The van der Waals surface area contributed by atoms with Crippen LogP contribution in [0.15, 0.2) is 48.5 Å². The molecule has 2 aromatic carbocycles. The molecule has 3 nitrogen and oxygen atoms in total. The summed E-state index contributed by atoms with van der Waals surface area (Å²) >= 11 is 5.91. The molecule has 0 N–H and O–H groups in total. The fraction of sp³-hybridized carbons (Fsp3) is 0.381. The number of carbonyl (C=O) groups is 1. The van der Waals surface area contributed by atoms with Crippen LogP contribution in [0.5, 0.6) is 5.75 Å². The Balaban J connectivity index is 1.52. The molecule has 1 aliphatic rings. The largest absolute Gasteiger partial charge is 0.479 e. The molecule has 1 fully saturated rings. The molecule has 1 saturated carbocycles. The Hall–Kier alpha value is -2.00. The van der Waals surface area contributed by atoms with Gasteiger partial charge in [-0.05, 0) is 74.4 Å². The molecule has 0 heterocycles. The number of carbonyl (C=O) groups excluding carboxylic acids is 1. The van der Waals surface area contributed by atoms with E-state index in [1.165, 1.54) is 11.1 Å². The van der Waals surface area contributed by atoms with E-state index in [1.807, 2.05) is 48.5 Å². The molecule has 4 heteroatoms. The van der Waals surface area contributed by atoms with E-state index in [9.17, 15) is 4.79 Å². The van der Waals surface area contributed by atoms with Crippen molar-refractivity contribution < 1.29 is 14.3 Å². The fourth-order valence-corrected chi connectivity index (χ4v) is 3.17. The smallest absolute Gasteiger partial charge is 0.347 e. The van der Waals surface area contributed by atoms with E-state index in [0.29, 0.717) is 5.75 Å². The van der Waals surface area contributed by atoms with E-state index >= 15 is 0 Å². The van der Waals surface area contributed by atoms with Crippen LogP contribution in [-0.4, -0.2) is 18.2 Å². The first-order valence-electron chi connectivity index (χ1n) is 8.81. The lowest BCUT2D eigenvalue weighted by molar-refractivity contribution is -0.156. The standard InChI is InChI=1S/C21H23ClO3/c1-15(21(23)25-19-4-2-3-5-19)24-20-12-8-17(9-13-20)14-16-6-10-18(22)11-7-16/h6-13,15,19H,2-5,14H2,1H3/t15-/m1/s1. The third kappa shape index (κ3) is 5.23. The van der Waals surface area contributed by atoms with Crippen LogP contribution in [0, 0.1) is 0 Å². The molecular weight excluding hydrogens is 336 g/mol. The van der Waals surface area contributed by atoms with Gasteiger partial charge in [0.2, 0.25) is 0 Å². The SMILES string of the molecule is C[C@@H](Oc1ccc(Cc2ccc(Cl)cc2)cc1)C(=O)OC1CCCC1. The second-order valence-corrected chi connectivity index (χ2v) is 6.99. The van der Waals surface area contributed by atoms with Crippen molar-refractivity contribution >= 4 is 17.6 Å². The van der Waals surface area contributed by atoms with Crippen molar-refractivity contribution in [2.75, 3.05) is 0 Å². The molecule has 1 aliphatic carbocycles. The van der Waals surface area contributed by atoms with E-state index in [-0.39, 0.29) is 12.1 Å². The minimum atomic E-state index is -0.595. The van der Waals surface area contributed by atoms with Gasteiger partial charge in [-0.2, -0.15) is 0 Å². The molecule has 0 unspecified atom stereocenters. The van der Waals surface area contributed by atoms with Crippen LogP contribution in [0.3, 0.4) is 0 Å². The van der Waals surface area contributed by atoms with Crippen LogP contribution in [0.25, 0.3) is 0 Å². The Kier molecular flexibility index (Phi) is 5.98. The van der Waals surface area contributed by atoms with Crippen molar-refractivity contribution in [2.45, 2.75) is 51.2 Å². The van der Waals surface area contributed by atoms with Gasteiger partial charge in [-0.15, -0.1) is 0 Å². The van der Waals surface area contributed by atoms with Crippen LogP contribution in [0.4, 0.5) is 0 Å². The van der Waals surface area contributed by atoms with Gasteiger partial charge < -0.3 is 9.47 Å². The number of benzene rings is 2. The molecule has 1 atom stereocenters. The Morgan fingerprint density at radius 2 is 1.60 bits per heavy atom. The summed E-state index contributed by atoms with van der Waals surface area (Å²) < 4.78 is 11.2. The first-order chi connectivity index (χ1) is 12.1. The van der Waals surface area contributed by atoms with Crippen molar-refractivity contribution in [3.8, 4) is 5.75 Å². The van der Waals surface area contributed by atoms with Crippen molar-refractivity contribution in [2.24, 2.45) is 0 Å². The van der Waals surface area contributed by atoms with Crippen LogP contribution in [0.2, 0.25) is 5.02 Å². The van der Waals surface area contributed by atoms with E-state index in [2.05, 4.69) is 0 Å². The summed E-state index contributed by atoms with van der Waals surface area (Å²) in [5.41, 5.74) is 2.38. The quantitative estimate of drug-likeness (QED) is 0.667. The predicted molar refractivity (Wildman–Crippen MR) is 99.1 cm³/mol. The van der Waals surface area contributed by atoms with E-state index in [1.54, 1.807) is 6.92 Å². The molecule has 0 aromatic heterocycles. The maximum absolute atomic E-state index is 12.1. The molecule has 2 aromatic rings. The van der Waals surface area contributed by atoms with E-state index in [0.717, 1.165) is 37.1 Å². The lowest BCUT2D eigenvalue weighted by Gasteiger charge is -2.17. The van der Waals surface area contributed by atoms with Gasteiger partial charge in [0.1, 0.15) is 11.9 Å². The normalized spacial score (nSPS) is 15.8. The molecule has 0 saturated heterocycles. The minimum absolute atomic E-state index is 0.0697. The zero-order chi connectivity index (χ0) is 17.6. The third-order valence-electron chi connectivity index (χ3n) is 4.47. The van der Waals surface area contributed by atoms with Gasteiger partial charge in [0.25, 0.3) is 0 Å². The fourth-order valence-electron chi connectivity index (χ4n) is 3.04. The second-order valence-electron chi connectivity index (χ2n) is 6.55. The molecule has 3 rings (SSSR count). The van der Waals surface area contributed by atoms with Crippen molar-refractivity contribution in [3.05, 3.63) is 64.7 Å². The van der Waals surface area contributed by atoms with Crippen LogP contribution in [0.1, 0.15) is 43.7 Å². The van der Waals surface area contributed by atoms with Gasteiger partial charge in [-0.25, -0.2) is 4.79 Å². The highest BCUT2D eigenvalue weighted by atomic mass is 35.5. The molecule has 25 heavy (non-hydrogen) atoms. The van der Waals surface area contributed by atoms with Crippen molar-refractivity contribution in [1.29, 1.82) is 0 Å². The highest BCUT2D eigenvalue weighted by molar-refractivity contribution is 6.30. The molecule has 0 radical (unpaired) electrons. The third-order valence-corrected chi connectivity index (χ3v) is 4.73. The second kappa shape index (κ2) is 8.39. The first kappa shape index (κ1) is 17.8. The van der Waals surface area contributed by atoms with Crippen LogP contribution >= 0.6 is 11.6 Å². The summed E-state index contributed by atoms with van der Waals surface area (Å²) in [5.74, 6) is 0.396. The Morgan fingerprint density at radius 1 is 1.04 bits per heavy atom. The summed E-state index contributed by atoms with van der Waals surface area (Å²) in [6.07, 6.45) is 4.53. The maximum atomic E-state index is 12.1. The molecular formula is C21H23ClO3. The summed E-state index contributed by atoms with van der Waals surface area (Å²) in [5, 5.41) is 0.742. The number of ether oxygens (including phenoxy) is 2. The van der Waals surface area contributed by atoms with Gasteiger partial charge in [0.15, 0.2) is 6.10 Å². The number of hydrogen-bond donors (Lipinski definition) is 0. The van der Waals surface area contributed by atoms with Crippen molar-refractivity contribution in [1.82, 2.24) is 0 Å². The van der Waals surface area contributed by atoms with Gasteiger partial charge in [-0.1, -0.05) is 35.9 Å². The zero-order valence-electron chi connectivity index (χ0n) is 14.4. The van der Waals surface area contributed by atoms with Gasteiger partial charge >= 0.3 is 5.97 Å². The van der Waals surface area contributed by atoms with Crippen molar-refractivity contribution in [3.63, 3.8) is 0 Å². The average Bonchev–Trinajstić information content (AvgIpc) is 3.11. The lowest BCUT2D eigenvalue weighted by Crippen LogP contribution is -2.29. The molecule has 0 spiro atoms. The zero-order valence-corrected chi connectivity index (χ0v) is 15.2. The summed E-state index contributed by atoms with van der Waals surface area (Å²) in [6, 6.07) is 15.6. The first-order valence-corrected chi connectivity index (χ1v) is 9.18. The van der Waals surface area contributed by atoms with Gasteiger partial charge in [0, 0.05) is 5.02 Å². The van der Waals surface area contributed by atoms with Crippen LogP contribution < -0.4 is 4.74 Å². The maximum Gasteiger partial charge on any atom is 0.347 e. The van der Waals surface area contributed by atoms with Gasteiger partial charge in [0.05, 0.1) is 0 Å². The number of esters is 1. The highest BCUT2D eigenvalue weighted by Gasteiger charge is 2.23. The topological polar surface area (TPSA) is 35.5 Å². The summed E-state index contributed by atoms with van der Waals surface area (Å²) in [6.45, 7) is 1.74. The highest BCUT2D eigenvalue weighted by Crippen LogP contribution is 2.22. The van der Waals surface area contributed by atoms with E-state index < -0.39 is 6.10 Å². The van der Waals surface area contributed by atoms with Gasteiger partial charge in [-0.3, -0.25) is 0 Å². The lowest BCUT2D eigenvalue weighted by atomic mass is 10.1. The predicted octanol–water partition coefficient (Wildman–Crippen LogP) is 5.18.